The normalized spacial score (nSPS) is 19.6. The Morgan fingerprint density at radius 3 is 2.89 bits per heavy atom. The van der Waals surface area contributed by atoms with Crippen LogP contribution in [0.5, 0.6) is 0 Å². The Hall–Kier alpha value is -1.88. The van der Waals surface area contributed by atoms with Gasteiger partial charge in [-0.1, -0.05) is 12.1 Å². The standard InChI is InChI=1S/C14H18N2O3/c1-9-4-3-5-12(10(9)2)16-7-6-15-11(14(16)19)8-13(17)18/h3-5,11,15H,6-8H2,1-2H3,(H,17,18). The summed E-state index contributed by atoms with van der Waals surface area (Å²) in [5, 5.41) is 11.8. The molecule has 1 fully saturated rings. The number of hydrogen-bond donors (Lipinski definition) is 2. The summed E-state index contributed by atoms with van der Waals surface area (Å²) < 4.78 is 0. The first-order valence-corrected chi connectivity index (χ1v) is 6.33. The summed E-state index contributed by atoms with van der Waals surface area (Å²) in [6.07, 6.45) is -0.180. The lowest BCUT2D eigenvalue weighted by atomic mass is 10.0. The minimum Gasteiger partial charge on any atom is -0.481 e. The van der Waals surface area contributed by atoms with Crippen LogP contribution < -0.4 is 10.2 Å². The monoisotopic (exact) mass is 262 g/mol. The molecule has 2 rings (SSSR count). The van der Waals surface area contributed by atoms with Crippen LogP contribution in [0.15, 0.2) is 18.2 Å². The highest BCUT2D eigenvalue weighted by Gasteiger charge is 2.31. The van der Waals surface area contributed by atoms with Crippen LogP contribution in [0.4, 0.5) is 5.69 Å². The molecule has 5 heteroatoms. The summed E-state index contributed by atoms with van der Waals surface area (Å²) in [5.41, 5.74) is 3.06. The SMILES string of the molecule is Cc1cccc(N2CCNC(CC(=O)O)C2=O)c1C. The molecule has 0 saturated carbocycles. The van der Waals surface area contributed by atoms with E-state index < -0.39 is 12.0 Å². The van der Waals surface area contributed by atoms with Crippen LogP contribution in [-0.2, 0) is 9.59 Å². The predicted octanol–water partition coefficient (Wildman–Crippen LogP) is 1.08. The molecule has 1 unspecified atom stereocenters. The number of piperazine rings is 1. The molecule has 2 N–H and O–H groups in total. The zero-order valence-corrected chi connectivity index (χ0v) is 11.1. The molecule has 102 valence electrons. The summed E-state index contributed by atoms with van der Waals surface area (Å²) in [7, 11) is 0. The molecule has 0 radical (unpaired) electrons. The van der Waals surface area contributed by atoms with Crippen molar-refractivity contribution in [3.05, 3.63) is 29.3 Å². The number of aliphatic carboxylic acids is 1. The van der Waals surface area contributed by atoms with Crippen molar-refractivity contribution in [1.29, 1.82) is 0 Å². The van der Waals surface area contributed by atoms with Gasteiger partial charge >= 0.3 is 5.97 Å². The molecule has 1 aliphatic heterocycles. The first-order chi connectivity index (χ1) is 9.00. The highest BCUT2D eigenvalue weighted by Crippen LogP contribution is 2.24. The number of carbonyl (C=O) groups excluding carboxylic acids is 1. The third-order valence-corrected chi connectivity index (χ3v) is 3.54. The van der Waals surface area contributed by atoms with E-state index in [1.165, 1.54) is 0 Å². The maximum atomic E-state index is 12.3. The van der Waals surface area contributed by atoms with Gasteiger partial charge in [0.2, 0.25) is 5.91 Å². The van der Waals surface area contributed by atoms with Crippen molar-refractivity contribution in [2.75, 3.05) is 18.0 Å². The van der Waals surface area contributed by atoms with Crippen LogP contribution in [0, 0.1) is 13.8 Å². The van der Waals surface area contributed by atoms with Crippen LogP contribution in [-0.4, -0.2) is 36.1 Å². The second-order valence-corrected chi connectivity index (χ2v) is 4.81. The molecule has 1 atom stereocenters. The van der Waals surface area contributed by atoms with Gasteiger partial charge in [0.15, 0.2) is 0 Å². The molecule has 0 spiro atoms. The lowest BCUT2D eigenvalue weighted by Crippen LogP contribution is -2.56. The van der Waals surface area contributed by atoms with Crippen LogP contribution in [0.1, 0.15) is 17.5 Å². The molecule has 1 aromatic rings. The number of nitrogens with zero attached hydrogens (tertiary/aromatic N) is 1. The number of hydrogen-bond acceptors (Lipinski definition) is 3. The second kappa shape index (κ2) is 5.40. The summed E-state index contributed by atoms with van der Waals surface area (Å²) in [4.78, 5) is 24.8. The third kappa shape index (κ3) is 2.76. The molecule has 19 heavy (non-hydrogen) atoms. The number of carbonyl (C=O) groups is 2. The van der Waals surface area contributed by atoms with Crippen molar-refractivity contribution in [2.24, 2.45) is 0 Å². The minimum absolute atomic E-state index is 0.164. The van der Waals surface area contributed by atoms with Gasteiger partial charge in [0, 0.05) is 18.8 Å². The van der Waals surface area contributed by atoms with E-state index in [1.54, 1.807) is 4.90 Å². The Bertz CT molecular complexity index is 513. The van der Waals surface area contributed by atoms with Crippen molar-refractivity contribution in [2.45, 2.75) is 26.3 Å². The predicted molar refractivity (Wildman–Crippen MR) is 72.3 cm³/mol. The van der Waals surface area contributed by atoms with Crippen LogP contribution >= 0.6 is 0 Å². The fourth-order valence-corrected chi connectivity index (χ4v) is 2.34. The number of nitrogens with one attached hydrogen (secondary N) is 1. The second-order valence-electron chi connectivity index (χ2n) is 4.81. The number of rotatable bonds is 3. The molecule has 5 nitrogen and oxygen atoms in total. The van der Waals surface area contributed by atoms with Crippen molar-refractivity contribution >= 4 is 17.6 Å². The van der Waals surface area contributed by atoms with Gasteiger partial charge in [-0.2, -0.15) is 0 Å². The molecule has 1 heterocycles. The van der Waals surface area contributed by atoms with E-state index in [0.717, 1.165) is 16.8 Å². The van der Waals surface area contributed by atoms with Crippen LogP contribution in [0.3, 0.4) is 0 Å². The first kappa shape index (κ1) is 13.5. The summed E-state index contributed by atoms with van der Waals surface area (Å²) in [5.74, 6) is -1.13. The first-order valence-electron chi connectivity index (χ1n) is 6.33. The number of carboxylic acids is 1. The summed E-state index contributed by atoms with van der Waals surface area (Å²) >= 11 is 0. The highest BCUT2D eigenvalue weighted by atomic mass is 16.4. The minimum atomic E-state index is -0.964. The highest BCUT2D eigenvalue weighted by molar-refractivity contribution is 6.00. The number of benzene rings is 1. The molecular formula is C14H18N2O3. The van der Waals surface area contributed by atoms with E-state index in [-0.39, 0.29) is 12.3 Å². The van der Waals surface area contributed by atoms with Gasteiger partial charge in [0.1, 0.15) is 0 Å². The fourth-order valence-electron chi connectivity index (χ4n) is 2.34. The van der Waals surface area contributed by atoms with Gasteiger partial charge in [-0.05, 0) is 31.0 Å². The van der Waals surface area contributed by atoms with Gasteiger partial charge in [-0.3, -0.25) is 9.59 Å². The molecule has 0 bridgehead atoms. The van der Waals surface area contributed by atoms with Gasteiger partial charge in [0.25, 0.3) is 0 Å². The average molecular weight is 262 g/mol. The maximum absolute atomic E-state index is 12.3. The van der Waals surface area contributed by atoms with Gasteiger partial charge in [-0.25, -0.2) is 0 Å². The Labute approximate surface area is 112 Å². The van der Waals surface area contributed by atoms with Crippen LogP contribution in [0.2, 0.25) is 0 Å². The summed E-state index contributed by atoms with van der Waals surface area (Å²) in [6, 6.07) is 5.19. The van der Waals surface area contributed by atoms with E-state index >= 15 is 0 Å². The number of aryl methyl sites for hydroxylation is 1. The molecule has 1 saturated heterocycles. The Morgan fingerprint density at radius 1 is 1.47 bits per heavy atom. The number of amides is 1. The zero-order valence-electron chi connectivity index (χ0n) is 11.1. The molecule has 0 aliphatic carbocycles. The van der Waals surface area contributed by atoms with E-state index in [0.29, 0.717) is 13.1 Å². The number of carboxylic acid groups (broad SMARTS) is 1. The Kier molecular flexibility index (Phi) is 3.85. The van der Waals surface area contributed by atoms with E-state index in [4.69, 9.17) is 5.11 Å². The molecule has 1 aromatic carbocycles. The van der Waals surface area contributed by atoms with Gasteiger partial charge < -0.3 is 15.3 Å². The van der Waals surface area contributed by atoms with E-state index in [1.807, 2.05) is 32.0 Å². The summed E-state index contributed by atoms with van der Waals surface area (Å²) in [6.45, 7) is 5.16. The lowest BCUT2D eigenvalue weighted by Gasteiger charge is -2.33. The smallest absolute Gasteiger partial charge is 0.305 e. The number of anilines is 1. The van der Waals surface area contributed by atoms with Gasteiger partial charge in [-0.15, -0.1) is 0 Å². The molecule has 1 aliphatic rings. The average Bonchev–Trinajstić information content (AvgIpc) is 2.35. The lowest BCUT2D eigenvalue weighted by molar-refractivity contribution is -0.139. The molecular weight excluding hydrogens is 244 g/mol. The van der Waals surface area contributed by atoms with Crippen molar-refractivity contribution in [3.63, 3.8) is 0 Å². The largest absolute Gasteiger partial charge is 0.481 e. The van der Waals surface area contributed by atoms with Gasteiger partial charge in [0.05, 0.1) is 12.5 Å². The topological polar surface area (TPSA) is 69.6 Å². The maximum Gasteiger partial charge on any atom is 0.305 e. The van der Waals surface area contributed by atoms with Crippen molar-refractivity contribution in [3.8, 4) is 0 Å². The quantitative estimate of drug-likeness (QED) is 0.855. The Balaban J connectivity index is 2.26. The molecule has 0 aromatic heterocycles. The molecule has 1 amide bonds. The van der Waals surface area contributed by atoms with Crippen LogP contribution in [0.25, 0.3) is 0 Å². The zero-order chi connectivity index (χ0) is 14.0. The van der Waals surface area contributed by atoms with E-state index in [2.05, 4.69) is 5.32 Å². The van der Waals surface area contributed by atoms with Crippen molar-refractivity contribution in [1.82, 2.24) is 5.32 Å². The Morgan fingerprint density at radius 2 is 2.21 bits per heavy atom. The third-order valence-electron chi connectivity index (χ3n) is 3.54. The fraction of sp³-hybridized carbons (Fsp3) is 0.429. The van der Waals surface area contributed by atoms with Crippen molar-refractivity contribution < 1.29 is 14.7 Å². The van der Waals surface area contributed by atoms with E-state index in [9.17, 15) is 9.59 Å².